The van der Waals surface area contributed by atoms with Crippen molar-refractivity contribution in [3.63, 3.8) is 0 Å². The predicted octanol–water partition coefficient (Wildman–Crippen LogP) is 9.01. The summed E-state index contributed by atoms with van der Waals surface area (Å²) in [6.07, 6.45) is 2.91. The zero-order valence-corrected chi connectivity index (χ0v) is 27.0. The van der Waals surface area contributed by atoms with E-state index in [-0.39, 0.29) is 11.5 Å². The first-order valence-electron chi connectivity index (χ1n) is 13.7. The van der Waals surface area contributed by atoms with Crippen LogP contribution in [0.1, 0.15) is 39.5 Å². The molecule has 0 spiro atoms. The molecule has 0 bridgehead atoms. The Morgan fingerprint density at radius 3 is 1.10 bits per heavy atom. The molecule has 0 aliphatic carbocycles. The van der Waals surface area contributed by atoms with Gasteiger partial charge in [0.05, 0.1) is 11.5 Å². The maximum absolute atomic E-state index is 11.6. The van der Waals surface area contributed by atoms with Crippen molar-refractivity contribution in [3.05, 3.63) is 109 Å². The lowest BCUT2D eigenvalue weighted by Crippen LogP contribution is -2.06. The summed E-state index contributed by atoms with van der Waals surface area (Å²) >= 11 is 1.79. The normalized spacial score (nSPS) is 11.5. The topological polar surface area (TPSA) is 86.7 Å². The average molecular weight is 645 g/mol. The Hall–Kier alpha value is -2.60. The van der Waals surface area contributed by atoms with Crippen molar-refractivity contribution < 1.29 is 24.1 Å². The Bertz CT molecular complexity index is 1420. The minimum Gasteiger partial charge on any atom is -0.198 e. The summed E-state index contributed by atoms with van der Waals surface area (Å²) in [6.45, 7) is 3.90. The quantitative estimate of drug-likeness (QED) is 0.126. The molecule has 0 unspecified atom stereocenters. The van der Waals surface area contributed by atoms with Crippen molar-refractivity contribution in [1.82, 2.24) is 0 Å². The summed E-state index contributed by atoms with van der Waals surface area (Å²) in [5.41, 5.74) is 4.44. The zero-order valence-electron chi connectivity index (χ0n) is 23.7. The number of hydrogen-bond donors (Lipinski definition) is 0. The summed E-state index contributed by atoms with van der Waals surface area (Å²) in [7, 11) is -6.88. The molecule has 0 saturated carbocycles. The third kappa shape index (κ3) is 12.3. The molecule has 4 aromatic carbocycles. The van der Waals surface area contributed by atoms with E-state index < -0.39 is 20.2 Å². The van der Waals surface area contributed by atoms with Gasteiger partial charge in [-0.25, -0.2) is 0 Å². The van der Waals surface area contributed by atoms with E-state index >= 15 is 0 Å². The second kappa shape index (κ2) is 17.5. The Labute approximate surface area is 259 Å². The van der Waals surface area contributed by atoms with Gasteiger partial charge in [0.2, 0.25) is 0 Å². The second-order valence-corrected chi connectivity index (χ2v) is 14.7. The third-order valence-electron chi connectivity index (χ3n) is 5.89. The SMILES string of the molecule is CCCCS(=O)(=O)OSc1ccc(-c2ccccc2)cc1.CCCCS(=O)(=O)OSc1ccc(-c2ccccc2)cc1. The first kappa shape index (κ1) is 33.9. The lowest BCUT2D eigenvalue weighted by Gasteiger charge is -2.05. The summed E-state index contributed by atoms with van der Waals surface area (Å²) in [6, 6.07) is 35.3. The van der Waals surface area contributed by atoms with E-state index in [2.05, 4.69) is 0 Å². The molecule has 4 aromatic rings. The van der Waals surface area contributed by atoms with Crippen LogP contribution in [0, 0.1) is 0 Å². The van der Waals surface area contributed by atoms with Gasteiger partial charge in [0, 0.05) is 33.9 Å². The molecule has 4 rings (SSSR count). The molecule has 0 aromatic heterocycles. The van der Waals surface area contributed by atoms with Crippen molar-refractivity contribution in [2.45, 2.75) is 49.3 Å². The van der Waals surface area contributed by atoms with Gasteiger partial charge in [0.15, 0.2) is 0 Å². The zero-order chi connectivity index (χ0) is 30.3. The molecule has 0 N–H and O–H groups in total. The highest BCUT2D eigenvalue weighted by Gasteiger charge is 2.13. The number of benzene rings is 4. The Kier molecular flexibility index (Phi) is 14.1. The van der Waals surface area contributed by atoms with Crippen LogP contribution in [0.25, 0.3) is 22.3 Å². The molecule has 224 valence electrons. The lowest BCUT2D eigenvalue weighted by molar-refractivity contribution is 0.513. The summed E-state index contributed by atoms with van der Waals surface area (Å²) < 4.78 is 56.3. The highest BCUT2D eigenvalue weighted by molar-refractivity contribution is 8.04. The van der Waals surface area contributed by atoms with Crippen molar-refractivity contribution >= 4 is 44.3 Å². The first-order valence-corrected chi connectivity index (χ1v) is 18.3. The molecule has 42 heavy (non-hydrogen) atoms. The predicted molar refractivity (Wildman–Crippen MR) is 175 cm³/mol. The van der Waals surface area contributed by atoms with Crippen LogP contribution in [-0.4, -0.2) is 28.3 Å². The van der Waals surface area contributed by atoms with Gasteiger partial charge < -0.3 is 0 Å². The first-order chi connectivity index (χ1) is 20.2. The smallest absolute Gasteiger partial charge is 0.198 e. The van der Waals surface area contributed by atoms with E-state index in [1.54, 1.807) is 0 Å². The molecule has 0 fully saturated rings. The molecule has 0 atom stereocenters. The van der Waals surface area contributed by atoms with Crippen molar-refractivity contribution in [3.8, 4) is 22.3 Å². The molecule has 6 nitrogen and oxygen atoms in total. The third-order valence-corrected chi connectivity index (χ3v) is 10.6. The van der Waals surface area contributed by atoms with E-state index in [1.165, 1.54) is 0 Å². The monoisotopic (exact) mass is 644 g/mol. The fraction of sp³-hybridized carbons (Fsp3) is 0.250. The average Bonchev–Trinajstić information content (AvgIpc) is 3.03. The Morgan fingerprint density at radius 1 is 0.476 bits per heavy atom. The van der Waals surface area contributed by atoms with Crippen molar-refractivity contribution in [1.29, 1.82) is 0 Å². The second-order valence-electron chi connectivity index (χ2n) is 9.31. The number of rotatable bonds is 14. The van der Waals surface area contributed by atoms with Gasteiger partial charge in [0.1, 0.15) is 0 Å². The van der Waals surface area contributed by atoms with Gasteiger partial charge in [-0.3, -0.25) is 0 Å². The molecular weight excluding hydrogens is 609 g/mol. The van der Waals surface area contributed by atoms with Gasteiger partial charge >= 0.3 is 0 Å². The molecule has 0 amide bonds. The maximum Gasteiger partial charge on any atom is 0.278 e. The van der Waals surface area contributed by atoms with Gasteiger partial charge in [0.25, 0.3) is 20.2 Å². The van der Waals surface area contributed by atoms with E-state index in [9.17, 15) is 16.8 Å². The summed E-state index contributed by atoms with van der Waals surface area (Å²) in [5.74, 6) is 0.136. The van der Waals surface area contributed by atoms with Crippen LogP contribution in [0.15, 0.2) is 119 Å². The minimum absolute atomic E-state index is 0.0681. The van der Waals surface area contributed by atoms with Crippen LogP contribution < -0.4 is 0 Å². The minimum atomic E-state index is -3.44. The molecule has 0 heterocycles. The van der Waals surface area contributed by atoms with Crippen molar-refractivity contribution in [2.24, 2.45) is 0 Å². The standard InChI is InChI=1S/2C16H18O3S2/c2*1-2-3-13-21(17,18)19-20-16-11-9-15(10-12-16)14-7-5-4-6-8-14/h2*4-12H,2-3,13H2,1H3. The molecule has 0 aliphatic rings. The van der Waals surface area contributed by atoms with Gasteiger partial charge in [-0.2, -0.15) is 24.1 Å². The fourth-order valence-corrected chi connectivity index (χ4v) is 7.34. The highest BCUT2D eigenvalue weighted by atomic mass is 32.3. The van der Waals surface area contributed by atoms with E-state index in [4.69, 9.17) is 7.26 Å². The van der Waals surface area contributed by atoms with Gasteiger partial charge in [-0.05, 0) is 59.4 Å². The van der Waals surface area contributed by atoms with Crippen LogP contribution in [-0.2, 0) is 27.5 Å². The molecule has 0 radical (unpaired) electrons. The van der Waals surface area contributed by atoms with Crippen LogP contribution in [0.2, 0.25) is 0 Å². The van der Waals surface area contributed by atoms with Crippen LogP contribution in [0.4, 0.5) is 0 Å². The van der Waals surface area contributed by atoms with Crippen LogP contribution >= 0.6 is 24.1 Å². The van der Waals surface area contributed by atoms with Gasteiger partial charge in [-0.15, -0.1) is 0 Å². The summed E-state index contributed by atoms with van der Waals surface area (Å²) in [4.78, 5) is 1.55. The van der Waals surface area contributed by atoms with Gasteiger partial charge in [-0.1, -0.05) is 112 Å². The molecule has 10 heteroatoms. The molecular formula is C32H36O6S4. The van der Waals surface area contributed by atoms with Crippen molar-refractivity contribution in [2.75, 3.05) is 11.5 Å². The van der Waals surface area contributed by atoms with E-state index in [1.807, 2.05) is 123 Å². The Balaban J connectivity index is 0.000000230. The Morgan fingerprint density at radius 2 is 0.786 bits per heavy atom. The molecule has 0 aliphatic heterocycles. The lowest BCUT2D eigenvalue weighted by atomic mass is 10.1. The maximum atomic E-state index is 11.6. The summed E-state index contributed by atoms with van der Waals surface area (Å²) in [5, 5.41) is 0. The van der Waals surface area contributed by atoms with E-state index in [0.717, 1.165) is 69.0 Å². The fourth-order valence-electron chi connectivity index (χ4n) is 3.56. The molecule has 0 saturated heterocycles. The van der Waals surface area contributed by atoms with Crippen LogP contribution in [0.3, 0.4) is 0 Å². The van der Waals surface area contributed by atoms with Crippen LogP contribution in [0.5, 0.6) is 0 Å². The largest absolute Gasteiger partial charge is 0.278 e. The number of unbranched alkanes of at least 4 members (excludes halogenated alkanes) is 2. The number of hydrogen-bond acceptors (Lipinski definition) is 8. The highest BCUT2D eigenvalue weighted by Crippen LogP contribution is 2.27. The van der Waals surface area contributed by atoms with E-state index in [0.29, 0.717) is 12.8 Å².